The Morgan fingerprint density at radius 2 is 2.12 bits per heavy atom. The van der Waals surface area contributed by atoms with Crippen molar-refractivity contribution in [3.05, 3.63) is 28.8 Å². The van der Waals surface area contributed by atoms with Crippen molar-refractivity contribution in [1.29, 1.82) is 0 Å². The molecule has 0 radical (unpaired) electrons. The van der Waals surface area contributed by atoms with E-state index in [-0.39, 0.29) is 0 Å². The van der Waals surface area contributed by atoms with E-state index in [1.165, 1.54) is 5.56 Å². The Morgan fingerprint density at radius 1 is 1.35 bits per heavy atom. The van der Waals surface area contributed by atoms with Gasteiger partial charge in [0.1, 0.15) is 0 Å². The summed E-state index contributed by atoms with van der Waals surface area (Å²) in [6.07, 6.45) is 0. The van der Waals surface area contributed by atoms with Gasteiger partial charge in [0.05, 0.1) is 17.3 Å². The molecule has 96 valence electrons. The van der Waals surface area contributed by atoms with Gasteiger partial charge in [0.2, 0.25) is 0 Å². The number of para-hydroxylation sites is 1. The Labute approximate surface area is 117 Å². The normalized spacial score (nSPS) is 10.6. The molecular weight excluding hydrogens is 302 g/mol. The van der Waals surface area contributed by atoms with Crippen molar-refractivity contribution < 1.29 is 4.74 Å². The first-order valence-electron chi connectivity index (χ1n) is 5.90. The second-order valence-corrected chi connectivity index (χ2v) is 4.63. The topological polar surface area (TPSA) is 12.5 Å². The van der Waals surface area contributed by atoms with E-state index in [1.807, 2.05) is 19.1 Å². The summed E-state index contributed by atoms with van der Waals surface area (Å²) in [6.45, 7) is 7.43. The van der Waals surface area contributed by atoms with Crippen molar-refractivity contribution in [1.82, 2.24) is 0 Å². The van der Waals surface area contributed by atoms with Crippen molar-refractivity contribution in [2.45, 2.75) is 19.2 Å². The van der Waals surface area contributed by atoms with Crippen LogP contribution in [0.4, 0.5) is 5.69 Å². The molecule has 0 atom stereocenters. The van der Waals surface area contributed by atoms with Gasteiger partial charge in [-0.05, 0) is 25.5 Å². The van der Waals surface area contributed by atoms with Crippen molar-refractivity contribution in [3.8, 4) is 0 Å². The van der Waals surface area contributed by atoms with Crippen molar-refractivity contribution in [3.63, 3.8) is 0 Å². The van der Waals surface area contributed by atoms with Gasteiger partial charge in [0.25, 0.3) is 0 Å². The van der Waals surface area contributed by atoms with Gasteiger partial charge in [-0.2, -0.15) is 0 Å². The van der Waals surface area contributed by atoms with Gasteiger partial charge in [0, 0.05) is 25.0 Å². The summed E-state index contributed by atoms with van der Waals surface area (Å²) < 4.78 is 5.40. The molecule has 0 N–H and O–H groups in total. The summed E-state index contributed by atoms with van der Waals surface area (Å²) in [6, 6.07) is 6.02. The number of halogens is 2. The number of benzene rings is 1. The smallest absolute Gasteiger partial charge is 0.0642 e. The molecule has 2 nitrogen and oxygen atoms in total. The monoisotopic (exact) mass is 319 g/mol. The molecule has 1 aromatic rings. The van der Waals surface area contributed by atoms with Crippen LogP contribution in [0, 0.1) is 0 Å². The lowest BCUT2D eigenvalue weighted by Crippen LogP contribution is -2.28. The Balaban J connectivity index is 2.86. The lowest BCUT2D eigenvalue weighted by molar-refractivity contribution is 0.154. The van der Waals surface area contributed by atoms with Crippen LogP contribution in [0.2, 0.25) is 5.02 Å². The van der Waals surface area contributed by atoms with E-state index in [0.717, 1.165) is 42.3 Å². The van der Waals surface area contributed by atoms with Gasteiger partial charge in [0.15, 0.2) is 0 Å². The molecule has 0 aliphatic rings. The highest BCUT2D eigenvalue weighted by atomic mass is 79.9. The maximum absolute atomic E-state index is 6.29. The molecular formula is C13H19BrClNO. The van der Waals surface area contributed by atoms with E-state index >= 15 is 0 Å². The number of rotatable bonds is 7. The number of hydrogen-bond acceptors (Lipinski definition) is 2. The molecule has 0 spiro atoms. The first-order valence-corrected chi connectivity index (χ1v) is 7.40. The third-order valence-electron chi connectivity index (χ3n) is 2.62. The zero-order valence-electron chi connectivity index (χ0n) is 10.4. The lowest BCUT2D eigenvalue weighted by Gasteiger charge is -2.26. The van der Waals surface area contributed by atoms with Crippen LogP contribution in [0.3, 0.4) is 0 Å². The first kappa shape index (κ1) is 14.8. The molecule has 0 fully saturated rings. The standard InChI is InChI=1S/C13H19BrClNO/c1-3-16(8-9-17-4-2)13-11(10-14)6-5-7-12(13)15/h5-7H,3-4,8-10H2,1-2H3. The molecule has 0 unspecified atom stereocenters. The molecule has 0 aromatic heterocycles. The second kappa shape index (κ2) is 7.96. The van der Waals surface area contributed by atoms with Crippen LogP contribution in [-0.4, -0.2) is 26.3 Å². The summed E-state index contributed by atoms with van der Waals surface area (Å²) in [5.41, 5.74) is 2.34. The Kier molecular flexibility index (Phi) is 6.93. The van der Waals surface area contributed by atoms with E-state index in [0.29, 0.717) is 0 Å². The number of likely N-dealkylation sites (N-methyl/N-ethyl adjacent to an activating group) is 1. The maximum atomic E-state index is 6.29. The minimum atomic E-state index is 0.733. The van der Waals surface area contributed by atoms with Crippen LogP contribution in [-0.2, 0) is 10.1 Å². The highest BCUT2D eigenvalue weighted by Gasteiger charge is 2.12. The predicted molar refractivity (Wildman–Crippen MR) is 78.5 cm³/mol. The SMILES string of the molecule is CCOCCN(CC)c1c(Cl)cccc1CBr. The summed E-state index contributed by atoms with van der Waals surface area (Å²) in [5, 5.41) is 1.62. The van der Waals surface area contributed by atoms with E-state index in [9.17, 15) is 0 Å². The maximum Gasteiger partial charge on any atom is 0.0642 e. The van der Waals surface area contributed by atoms with E-state index < -0.39 is 0 Å². The first-order chi connectivity index (χ1) is 8.24. The zero-order valence-corrected chi connectivity index (χ0v) is 12.7. The van der Waals surface area contributed by atoms with Crippen LogP contribution in [0.1, 0.15) is 19.4 Å². The van der Waals surface area contributed by atoms with Crippen molar-refractivity contribution in [2.75, 3.05) is 31.2 Å². The Hall–Kier alpha value is -0.250. The van der Waals surface area contributed by atoms with Crippen LogP contribution in [0.15, 0.2) is 18.2 Å². The van der Waals surface area contributed by atoms with Crippen molar-refractivity contribution >= 4 is 33.2 Å². The minimum absolute atomic E-state index is 0.733. The van der Waals surface area contributed by atoms with Crippen molar-refractivity contribution in [2.24, 2.45) is 0 Å². The van der Waals surface area contributed by atoms with E-state index in [4.69, 9.17) is 16.3 Å². The fourth-order valence-electron chi connectivity index (χ4n) is 1.77. The summed E-state index contributed by atoms with van der Waals surface area (Å²) in [7, 11) is 0. The largest absolute Gasteiger partial charge is 0.380 e. The molecule has 1 aromatic carbocycles. The third kappa shape index (κ3) is 4.16. The van der Waals surface area contributed by atoms with Crippen LogP contribution >= 0.6 is 27.5 Å². The quantitative estimate of drug-likeness (QED) is 0.554. The molecule has 0 bridgehead atoms. The molecule has 4 heteroatoms. The molecule has 0 saturated carbocycles. The number of hydrogen-bond donors (Lipinski definition) is 0. The number of anilines is 1. The molecule has 17 heavy (non-hydrogen) atoms. The lowest BCUT2D eigenvalue weighted by atomic mass is 10.2. The fraction of sp³-hybridized carbons (Fsp3) is 0.538. The second-order valence-electron chi connectivity index (χ2n) is 3.66. The highest BCUT2D eigenvalue weighted by molar-refractivity contribution is 9.08. The number of ether oxygens (including phenoxy) is 1. The average Bonchev–Trinajstić information content (AvgIpc) is 2.35. The predicted octanol–water partition coefficient (Wildman–Crippen LogP) is 4.10. The molecule has 0 saturated heterocycles. The van der Waals surface area contributed by atoms with E-state index in [1.54, 1.807) is 0 Å². The molecule has 0 heterocycles. The van der Waals surface area contributed by atoms with Gasteiger partial charge in [-0.15, -0.1) is 0 Å². The van der Waals surface area contributed by atoms with Gasteiger partial charge in [-0.3, -0.25) is 0 Å². The number of alkyl halides is 1. The Morgan fingerprint density at radius 3 is 2.71 bits per heavy atom. The molecule has 0 aliphatic heterocycles. The summed E-state index contributed by atoms with van der Waals surface area (Å²) >= 11 is 9.80. The van der Waals surface area contributed by atoms with Crippen LogP contribution < -0.4 is 4.90 Å². The average molecular weight is 321 g/mol. The summed E-state index contributed by atoms with van der Waals surface area (Å²) in [4.78, 5) is 2.26. The third-order valence-corrected chi connectivity index (χ3v) is 3.53. The highest BCUT2D eigenvalue weighted by Crippen LogP contribution is 2.31. The van der Waals surface area contributed by atoms with Gasteiger partial charge in [-0.25, -0.2) is 0 Å². The fourth-order valence-corrected chi connectivity index (χ4v) is 2.54. The van der Waals surface area contributed by atoms with Gasteiger partial charge >= 0.3 is 0 Å². The van der Waals surface area contributed by atoms with Gasteiger partial charge < -0.3 is 9.64 Å². The molecule has 1 rings (SSSR count). The van der Waals surface area contributed by atoms with Gasteiger partial charge in [-0.1, -0.05) is 39.7 Å². The minimum Gasteiger partial charge on any atom is -0.380 e. The Bertz CT molecular complexity index is 346. The molecule has 0 aliphatic carbocycles. The number of nitrogens with zero attached hydrogens (tertiary/aromatic N) is 1. The molecule has 0 amide bonds. The van der Waals surface area contributed by atoms with Crippen LogP contribution in [0.25, 0.3) is 0 Å². The van der Waals surface area contributed by atoms with E-state index in [2.05, 4.69) is 33.8 Å². The van der Waals surface area contributed by atoms with Crippen LogP contribution in [0.5, 0.6) is 0 Å². The summed E-state index contributed by atoms with van der Waals surface area (Å²) in [5.74, 6) is 0. The zero-order chi connectivity index (χ0) is 12.7.